The summed E-state index contributed by atoms with van der Waals surface area (Å²) in [6.07, 6.45) is 4.52. The first kappa shape index (κ1) is 28.8. The Morgan fingerprint density at radius 2 is 1.76 bits per heavy atom. The summed E-state index contributed by atoms with van der Waals surface area (Å²) in [4.78, 5) is 11.8. The average Bonchev–Trinajstić information content (AvgIpc) is 2.98. The van der Waals surface area contributed by atoms with E-state index >= 15 is 0 Å². The Morgan fingerprint density at radius 3 is 2.46 bits per heavy atom. The van der Waals surface area contributed by atoms with Gasteiger partial charge in [0.05, 0.1) is 38.8 Å². The Kier molecular flexibility index (Phi) is 8.45. The van der Waals surface area contributed by atoms with Crippen molar-refractivity contribution in [1.82, 2.24) is 0 Å². The second kappa shape index (κ2) is 12.0. The fourth-order valence-corrected chi connectivity index (χ4v) is 7.00. The predicted molar refractivity (Wildman–Crippen MR) is 155 cm³/mol. The van der Waals surface area contributed by atoms with Crippen molar-refractivity contribution in [3.8, 4) is 23.0 Å². The number of phenolic OH excluding ortho intramolecular Hbond substituents is 2. The molecule has 218 valence electrons. The summed E-state index contributed by atoms with van der Waals surface area (Å²) >= 11 is 0. The summed E-state index contributed by atoms with van der Waals surface area (Å²) in [6, 6.07) is 20.4. The number of quaternary nitrogens is 1. The van der Waals surface area contributed by atoms with Gasteiger partial charge < -0.3 is 34.1 Å². The van der Waals surface area contributed by atoms with Crippen LogP contribution in [0, 0.1) is 0 Å². The van der Waals surface area contributed by atoms with Gasteiger partial charge in [-0.2, -0.15) is 0 Å². The first-order chi connectivity index (χ1) is 19.8. The van der Waals surface area contributed by atoms with Crippen molar-refractivity contribution in [2.75, 3.05) is 32.8 Å². The van der Waals surface area contributed by atoms with Crippen molar-refractivity contribution in [3.05, 3.63) is 83.4 Å². The van der Waals surface area contributed by atoms with Gasteiger partial charge in [0.2, 0.25) is 0 Å². The number of phenols is 2. The second-order valence-corrected chi connectivity index (χ2v) is 11.8. The van der Waals surface area contributed by atoms with Gasteiger partial charge in [-0.1, -0.05) is 37.3 Å². The van der Waals surface area contributed by atoms with E-state index in [1.807, 2.05) is 30.3 Å². The topological polar surface area (TPSA) is 99.1 Å². The minimum absolute atomic E-state index is 0.0411. The van der Waals surface area contributed by atoms with E-state index in [2.05, 4.69) is 26.0 Å². The van der Waals surface area contributed by atoms with E-state index in [4.69, 9.17) is 9.47 Å². The number of nitrogens with zero attached hydrogens (tertiary/aromatic N) is 1. The van der Waals surface area contributed by atoms with E-state index in [0.29, 0.717) is 29.9 Å². The third-order valence-electron chi connectivity index (χ3n) is 9.37. The fraction of sp³-hybridized carbons (Fsp3) is 0.441. The van der Waals surface area contributed by atoms with Crippen molar-refractivity contribution < 1.29 is 34.1 Å². The number of likely N-dealkylation sites (N-methyl/N-ethyl adjacent to an activating group) is 1. The van der Waals surface area contributed by atoms with Crippen molar-refractivity contribution in [3.63, 3.8) is 0 Å². The van der Waals surface area contributed by atoms with Crippen LogP contribution in [0.3, 0.4) is 0 Å². The van der Waals surface area contributed by atoms with Crippen LogP contribution < -0.4 is 14.6 Å². The molecule has 0 amide bonds. The molecule has 0 aliphatic carbocycles. The first-order valence-corrected chi connectivity index (χ1v) is 14.8. The third kappa shape index (κ3) is 5.87. The molecule has 0 aromatic heterocycles. The van der Waals surface area contributed by atoms with E-state index < -0.39 is 17.4 Å². The standard InChI is InChI=1S/C34H41NO6/c1-3-35(19-5-4-8-30(35)33(38)39)20-6-7-21-40-28-16-9-24(10-17-28)32-29-18-15-27(37)22-31(29)41-23-34(32,2)25-11-13-26(36)14-12-25/h9-18,22,30,32H,3-8,19-21,23H2,1-2H3,(H2-,36,37,38,39). The molecule has 4 unspecified atom stereocenters. The highest BCUT2D eigenvalue weighted by molar-refractivity contribution is 5.69. The van der Waals surface area contributed by atoms with E-state index in [9.17, 15) is 20.1 Å². The number of piperidine rings is 1. The molecule has 7 heteroatoms. The van der Waals surface area contributed by atoms with Gasteiger partial charge in [-0.15, -0.1) is 0 Å². The molecule has 7 nitrogen and oxygen atoms in total. The minimum atomic E-state index is -0.909. The van der Waals surface area contributed by atoms with Gasteiger partial charge in [-0.05, 0) is 74.1 Å². The molecule has 4 atom stereocenters. The Labute approximate surface area is 242 Å². The highest BCUT2D eigenvalue weighted by Gasteiger charge is 2.43. The van der Waals surface area contributed by atoms with E-state index in [0.717, 1.165) is 67.8 Å². The van der Waals surface area contributed by atoms with Crippen molar-refractivity contribution in [2.45, 2.75) is 63.3 Å². The minimum Gasteiger partial charge on any atom is -0.544 e. The van der Waals surface area contributed by atoms with Crippen molar-refractivity contribution in [1.29, 1.82) is 0 Å². The molecule has 1 fully saturated rings. The number of hydrogen-bond acceptors (Lipinski definition) is 6. The molecule has 0 saturated carbocycles. The molecule has 2 aliphatic heterocycles. The van der Waals surface area contributed by atoms with Crippen LogP contribution in [0.15, 0.2) is 66.7 Å². The Bertz CT molecular complexity index is 1340. The number of likely N-dealkylation sites (tertiary alicyclic amines) is 1. The molecule has 1 saturated heterocycles. The van der Waals surface area contributed by atoms with Gasteiger partial charge >= 0.3 is 0 Å². The summed E-state index contributed by atoms with van der Waals surface area (Å²) < 4.78 is 12.9. The van der Waals surface area contributed by atoms with Gasteiger partial charge in [0.15, 0.2) is 0 Å². The molecule has 5 rings (SSSR count). The monoisotopic (exact) mass is 559 g/mol. The maximum absolute atomic E-state index is 11.8. The zero-order chi connectivity index (χ0) is 29.0. The zero-order valence-electron chi connectivity index (χ0n) is 24.1. The van der Waals surface area contributed by atoms with Crippen molar-refractivity contribution >= 4 is 5.97 Å². The average molecular weight is 560 g/mol. The van der Waals surface area contributed by atoms with E-state index in [1.165, 1.54) is 0 Å². The molecule has 3 aromatic carbocycles. The van der Waals surface area contributed by atoms with E-state index in [-0.39, 0.29) is 17.4 Å². The second-order valence-electron chi connectivity index (χ2n) is 11.8. The number of aliphatic carboxylic acids is 1. The maximum atomic E-state index is 11.8. The Balaban J connectivity index is 1.27. The summed E-state index contributed by atoms with van der Waals surface area (Å²) in [5, 5.41) is 31.7. The lowest BCUT2D eigenvalue weighted by molar-refractivity contribution is -0.948. The number of carboxylic acid groups (broad SMARTS) is 1. The van der Waals surface area contributed by atoms with Gasteiger partial charge in [-0.3, -0.25) is 0 Å². The highest BCUT2D eigenvalue weighted by atomic mass is 16.5. The normalized spacial score (nSPS) is 25.6. The smallest absolute Gasteiger partial charge is 0.129 e. The zero-order valence-corrected chi connectivity index (χ0v) is 24.1. The van der Waals surface area contributed by atoms with Crippen LogP contribution in [0.25, 0.3) is 0 Å². The molecular formula is C34H41NO6. The van der Waals surface area contributed by atoms with Crippen LogP contribution in [0.5, 0.6) is 23.0 Å². The van der Waals surface area contributed by atoms with Gasteiger partial charge in [0.1, 0.15) is 29.0 Å². The molecule has 0 bridgehead atoms. The summed E-state index contributed by atoms with van der Waals surface area (Å²) in [5.41, 5.74) is 2.76. The van der Waals surface area contributed by atoms with Crippen LogP contribution >= 0.6 is 0 Å². The van der Waals surface area contributed by atoms with Crippen LogP contribution in [0.1, 0.15) is 68.6 Å². The lowest BCUT2D eigenvalue weighted by Crippen LogP contribution is -2.64. The lowest BCUT2D eigenvalue weighted by Gasteiger charge is -2.47. The molecule has 0 spiro atoms. The maximum Gasteiger partial charge on any atom is 0.129 e. The summed E-state index contributed by atoms with van der Waals surface area (Å²) in [6.45, 7) is 7.83. The van der Waals surface area contributed by atoms with Crippen LogP contribution in [0.4, 0.5) is 0 Å². The number of unbranched alkanes of at least 4 members (excludes halogenated alkanes) is 1. The summed E-state index contributed by atoms with van der Waals surface area (Å²) in [7, 11) is 0. The van der Waals surface area contributed by atoms with Crippen LogP contribution in [0.2, 0.25) is 0 Å². The number of ether oxygens (including phenoxy) is 2. The number of aromatic hydroxyl groups is 2. The Morgan fingerprint density at radius 1 is 1.02 bits per heavy atom. The fourth-order valence-electron chi connectivity index (χ4n) is 7.00. The van der Waals surface area contributed by atoms with Gasteiger partial charge in [-0.25, -0.2) is 0 Å². The van der Waals surface area contributed by atoms with Crippen LogP contribution in [-0.4, -0.2) is 59.6 Å². The number of carbonyl (C=O) groups excluding carboxylic acids is 1. The SMILES string of the molecule is CC[N+]1(CCCCOc2ccc(C3c4ccc(O)cc4OCC3(C)c3ccc(O)cc3)cc2)CCCCC1C(=O)[O-]. The van der Waals surface area contributed by atoms with Crippen LogP contribution in [-0.2, 0) is 10.2 Å². The molecule has 2 N–H and O–H groups in total. The number of carbonyl (C=O) groups is 1. The lowest BCUT2D eigenvalue weighted by atomic mass is 9.65. The van der Waals surface area contributed by atoms with E-state index in [1.54, 1.807) is 24.3 Å². The Hall–Kier alpha value is -3.71. The van der Waals surface area contributed by atoms with Gasteiger partial charge in [0.25, 0.3) is 0 Å². The highest BCUT2D eigenvalue weighted by Crippen LogP contribution is 2.50. The molecule has 2 aliphatic rings. The third-order valence-corrected chi connectivity index (χ3v) is 9.37. The predicted octanol–water partition coefficient (Wildman–Crippen LogP) is 4.88. The number of rotatable bonds is 10. The van der Waals surface area contributed by atoms with Gasteiger partial charge in [0, 0.05) is 29.4 Å². The first-order valence-electron chi connectivity index (χ1n) is 14.8. The number of hydrogen-bond donors (Lipinski definition) is 2. The molecular weight excluding hydrogens is 518 g/mol. The molecule has 41 heavy (non-hydrogen) atoms. The number of fused-ring (bicyclic) bond motifs is 1. The van der Waals surface area contributed by atoms with Crippen molar-refractivity contribution in [2.24, 2.45) is 0 Å². The molecule has 3 aromatic rings. The molecule has 0 radical (unpaired) electrons. The number of benzene rings is 3. The number of carboxylic acids is 1. The molecule has 2 heterocycles. The quantitative estimate of drug-likeness (QED) is 0.271. The largest absolute Gasteiger partial charge is 0.544 e. The summed E-state index contributed by atoms with van der Waals surface area (Å²) in [5.74, 6) is 0.909.